The smallest absolute Gasteiger partial charge is 0.203 e. The lowest BCUT2D eigenvalue weighted by Crippen LogP contribution is -2.16. The van der Waals surface area contributed by atoms with Crippen LogP contribution in [0.5, 0.6) is 17.2 Å². The number of ether oxygens (including phenoxy) is 3. The van der Waals surface area contributed by atoms with Crippen molar-refractivity contribution in [1.29, 1.82) is 5.26 Å². The minimum atomic E-state index is -0.843. The van der Waals surface area contributed by atoms with E-state index in [1.165, 1.54) is 7.11 Å². The second-order valence-electron chi connectivity index (χ2n) is 3.63. The van der Waals surface area contributed by atoms with Gasteiger partial charge in [0.25, 0.3) is 0 Å². The summed E-state index contributed by atoms with van der Waals surface area (Å²) < 4.78 is 16.1. The van der Waals surface area contributed by atoms with E-state index >= 15 is 0 Å². The van der Waals surface area contributed by atoms with Gasteiger partial charge in [-0.05, 0) is 17.7 Å². The van der Waals surface area contributed by atoms with Crippen molar-refractivity contribution in [3.8, 4) is 23.3 Å². The summed E-state index contributed by atoms with van der Waals surface area (Å²) in [6.45, 7) is 0.942. The van der Waals surface area contributed by atoms with Crippen LogP contribution in [0.4, 0.5) is 0 Å². The molecule has 0 fully saturated rings. The molecule has 0 radical (unpaired) electrons. The third-order valence-corrected chi connectivity index (χ3v) is 2.52. The fraction of sp³-hybridized carbons (Fsp3) is 0.417. The number of hydrogen-bond acceptors (Lipinski definition) is 5. The standard InChI is InChI=1S/C12H13NO4/c1-15-10-6-8(9(14)2-3-13)7-11-12(10)17-5-4-16-11/h6-7,9,14H,2,4-5H2,1H3. The molecule has 0 amide bonds. The van der Waals surface area contributed by atoms with Crippen LogP contribution in [0, 0.1) is 11.3 Å². The highest BCUT2D eigenvalue weighted by molar-refractivity contribution is 5.54. The van der Waals surface area contributed by atoms with Gasteiger partial charge in [-0.25, -0.2) is 0 Å². The molecule has 90 valence electrons. The molecule has 1 atom stereocenters. The SMILES string of the molecule is COc1cc(C(O)CC#N)cc2c1OCCO2. The first-order valence-corrected chi connectivity index (χ1v) is 5.28. The lowest BCUT2D eigenvalue weighted by molar-refractivity contribution is 0.160. The topological polar surface area (TPSA) is 71.7 Å². The van der Waals surface area contributed by atoms with Gasteiger partial charge >= 0.3 is 0 Å². The zero-order chi connectivity index (χ0) is 12.3. The van der Waals surface area contributed by atoms with Crippen LogP contribution in [0.25, 0.3) is 0 Å². The molecule has 5 heteroatoms. The van der Waals surface area contributed by atoms with Crippen LogP contribution in [-0.2, 0) is 0 Å². The molecule has 1 aromatic carbocycles. The van der Waals surface area contributed by atoms with Crippen molar-refractivity contribution in [3.05, 3.63) is 17.7 Å². The molecule has 0 spiro atoms. The summed E-state index contributed by atoms with van der Waals surface area (Å²) in [7, 11) is 1.52. The molecular formula is C12H13NO4. The van der Waals surface area contributed by atoms with E-state index in [1.54, 1.807) is 12.1 Å². The van der Waals surface area contributed by atoms with Crippen molar-refractivity contribution < 1.29 is 19.3 Å². The van der Waals surface area contributed by atoms with Crippen LogP contribution in [0.3, 0.4) is 0 Å². The minimum absolute atomic E-state index is 0.0306. The van der Waals surface area contributed by atoms with E-state index in [-0.39, 0.29) is 6.42 Å². The van der Waals surface area contributed by atoms with Gasteiger partial charge < -0.3 is 19.3 Å². The molecule has 0 aromatic heterocycles. The van der Waals surface area contributed by atoms with Crippen LogP contribution in [-0.4, -0.2) is 25.4 Å². The molecule has 0 aliphatic carbocycles. The molecule has 5 nitrogen and oxygen atoms in total. The maximum atomic E-state index is 9.77. The molecule has 0 saturated carbocycles. The second kappa shape index (κ2) is 4.93. The number of benzene rings is 1. The molecule has 2 rings (SSSR count). The van der Waals surface area contributed by atoms with Crippen molar-refractivity contribution in [1.82, 2.24) is 0 Å². The molecule has 1 N–H and O–H groups in total. The third kappa shape index (κ3) is 2.27. The lowest BCUT2D eigenvalue weighted by Gasteiger charge is -2.22. The molecule has 1 aliphatic rings. The summed E-state index contributed by atoms with van der Waals surface area (Å²) in [5.74, 6) is 1.60. The molecule has 1 aliphatic heterocycles. The monoisotopic (exact) mass is 235 g/mol. The summed E-state index contributed by atoms with van der Waals surface area (Å²) >= 11 is 0. The van der Waals surface area contributed by atoms with Crippen LogP contribution in [0.15, 0.2) is 12.1 Å². The van der Waals surface area contributed by atoms with Gasteiger partial charge in [-0.3, -0.25) is 0 Å². The Balaban J connectivity index is 2.39. The van der Waals surface area contributed by atoms with Crippen LogP contribution in [0.2, 0.25) is 0 Å². The Kier molecular flexibility index (Phi) is 3.35. The zero-order valence-corrected chi connectivity index (χ0v) is 9.47. The van der Waals surface area contributed by atoms with Crippen molar-refractivity contribution in [3.63, 3.8) is 0 Å². The number of nitrogens with zero attached hydrogens (tertiary/aromatic N) is 1. The highest BCUT2D eigenvalue weighted by Crippen LogP contribution is 2.41. The summed E-state index contributed by atoms with van der Waals surface area (Å²) in [6, 6.07) is 5.26. The summed E-state index contributed by atoms with van der Waals surface area (Å²) in [5.41, 5.74) is 0.590. The summed E-state index contributed by atoms with van der Waals surface area (Å²) in [5, 5.41) is 18.3. The van der Waals surface area contributed by atoms with E-state index in [4.69, 9.17) is 19.5 Å². The van der Waals surface area contributed by atoms with Gasteiger partial charge in [-0.2, -0.15) is 5.26 Å². The van der Waals surface area contributed by atoms with Gasteiger partial charge in [0.1, 0.15) is 13.2 Å². The first kappa shape index (κ1) is 11.6. The van der Waals surface area contributed by atoms with Crippen LogP contribution >= 0.6 is 0 Å². The Bertz CT molecular complexity index is 435. The number of rotatable bonds is 3. The summed E-state index contributed by atoms with van der Waals surface area (Å²) in [4.78, 5) is 0. The molecule has 0 bridgehead atoms. The van der Waals surface area contributed by atoms with E-state index in [0.29, 0.717) is 36.0 Å². The van der Waals surface area contributed by atoms with Gasteiger partial charge in [0.2, 0.25) is 5.75 Å². The molecule has 1 aromatic rings. The fourth-order valence-corrected chi connectivity index (χ4v) is 1.69. The van der Waals surface area contributed by atoms with Crippen molar-refractivity contribution >= 4 is 0 Å². The molecule has 1 unspecified atom stereocenters. The number of aliphatic hydroxyl groups is 1. The van der Waals surface area contributed by atoms with Gasteiger partial charge in [0, 0.05) is 0 Å². The van der Waals surface area contributed by atoms with E-state index in [0.717, 1.165) is 0 Å². The maximum absolute atomic E-state index is 9.77. The maximum Gasteiger partial charge on any atom is 0.203 e. The Morgan fingerprint density at radius 2 is 2.24 bits per heavy atom. The Hall–Kier alpha value is -1.93. The van der Waals surface area contributed by atoms with E-state index < -0.39 is 6.10 Å². The third-order valence-electron chi connectivity index (χ3n) is 2.52. The Labute approximate surface area is 99.1 Å². The number of hydrogen-bond donors (Lipinski definition) is 1. The number of methoxy groups -OCH3 is 1. The quantitative estimate of drug-likeness (QED) is 0.857. The zero-order valence-electron chi connectivity index (χ0n) is 9.47. The Morgan fingerprint density at radius 1 is 1.47 bits per heavy atom. The van der Waals surface area contributed by atoms with Crippen molar-refractivity contribution in [2.45, 2.75) is 12.5 Å². The molecule has 17 heavy (non-hydrogen) atoms. The lowest BCUT2D eigenvalue weighted by atomic mass is 10.1. The van der Waals surface area contributed by atoms with Crippen LogP contribution < -0.4 is 14.2 Å². The van der Waals surface area contributed by atoms with E-state index in [1.807, 2.05) is 6.07 Å². The van der Waals surface area contributed by atoms with Crippen molar-refractivity contribution in [2.24, 2.45) is 0 Å². The average molecular weight is 235 g/mol. The predicted molar refractivity (Wildman–Crippen MR) is 59.2 cm³/mol. The number of nitriles is 1. The highest BCUT2D eigenvalue weighted by Gasteiger charge is 2.20. The molecule has 0 saturated heterocycles. The van der Waals surface area contributed by atoms with E-state index in [2.05, 4.69) is 0 Å². The molecular weight excluding hydrogens is 222 g/mol. The first-order chi connectivity index (χ1) is 8.26. The van der Waals surface area contributed by atoms with Gasteiger partial charge in [-0.1, -0.05) is 0 Å². The van der Waals surface area contributed by atoms with E-state index in [9.17, 15) is 5.11 Å². The molecule has 1 heterocycles. The van der Waals surface area contributed by atoms with Gasteiger partial charge in [-0.15, -0.1) is 0 Å². The van der Waals surface area contributed by atoms with Crippen molar-refractivity contribution in [2.75, 3.05) is 20.3 Å². The normalized spacial score (nSPS) is 14.9. The van der Waals surface area contributed by atoms with Gasteiger partial charge in [0.05, 0.1) is 25.7 Å². The second-order valence-corrected chi connectivity index (χ2v) is 3.63. The minimum Gasteiger partial charge on any atom is -0.493 e. The predicted octanol–water partition coefficient (Wildman–Crippen LogP) is 1.41. The largest absolute Gasteiger partial charge is 0.493 e. The first-order valence-electron chi connectivity index (χ1n) is 5.28. The van der Waals surface area contributed by atoms with Gasteiger partial charge in [0.15, 0.2) is 11.5 Å². The number of fused-ring (bicyclic) bond motifs is 1. The number of aliphatic hydroxyl groups excluding tert-OH is 1. The van der Waals surface area contributed by atoms with Crippen LogP contribution in [0.1, 0.15) is 18.1 Å². The highest BCUT2D eigenvalue weighted by atomic mass is 16.6. The Morgan fingerprint density at radius 3 is 2.94 bits per heavy atom. The average Bonchev–Trinajstić information content (AvgIpc) is 2.37. The fourth-order valence-electron chi connectivity index (χ4n) is 1.69. The summed E-state index contributed by atoms with van der Waals surface area (Å²) in [6.07, 6.45) is -0.812.